The number of carbonyl (C=O) groups excluding carboxylic acids is 1. The number of benzene rings is 1. The molecular weight excluding hydrogens is 323 g/mol. The van der Waals surface area contributed by atoms with Gasteiger partial charge in [-0.25, -0.2) is 4.39 Å². The van der Waals surface area contributed by atoms with E-state index in [0.717, 1.165) is 25.7 Å². The molecule has 2 fully saturated rings. The van der Waals surface area contributed by atoms with E-state index in [1.54, 1.807) is 17.0 Å². The third kappa shape index (κ3) is 4.11. The van der Waals surface area contributed by atoms with Crippen LogP contribution >= 0.6 is 0 Å². The van der Waals surface area contributed by atoms with Crippen molar-refractivity contribution in [3.63, 3.8) is 0 Å². The summed E-state index contributed by atoms with van der Waals surface area (Å²) < 4.78 is 13.9. The predicted octanol–water partition coefficient (Wildman–Crippen LogP) is 2.90. The van der Waals surface area contributed by atoms with Gasteiger partial charge in [-0.1, -0.05) is 25.0 Å². The molecule has 1 aromatic carbocycles. The van der Waals surface area contributed by atoms with Crippen molar-refractivity contribution in [3.8, 4) is 0 Å². The number of para-hydroxylation sites is 1. The van der Waals surface area contributed by atoms with Crippen LogP contribution < -0.4 is 4.90 Å². The molecule has 1 heterocycles. The van der Waals surface area contributed by atoms with Crippen molar-refractivity contribution in [2.45, 2.75) is 38.5 Å². The fraction of sp³-hybridized carbons (Fsp3) is 0.579. The van der Waals surface area contributed by atoms with Crippen molar-refractivity contribution >= 4 is 17.6 Å². The van der Waals surface area contributed by atoms with Crippen LogP contribution in [0.1, 0.15) is 38.5 Å². The van der Waals surface area contributed by atoms with Crippen molar-refractivity contribution in [1.29, 1.82) is 0 Å². The van der Waals surface area contributed by atoms with Gasteiger partial charge < -0.3 is 14.9 Å². The Morgan fingerprint density at radius 1 is 1.04 bits per heavy atom. The second kappa shape index (κ2) is 7.42. The molecule has 1 aliphatic carbocycles. The first kappa shape index (κ1) is 17.7. The zero-order valence-corrected chi connectivity index (χ0v) is 14.4. The van der Waals surface area contributed by atoms with E-state index in [1.165, 1.54) is 6.07 Å². The standard InChI is InChI=1S/C19H25FN2O3/c20-15-5-1-2-6-16(15)21-9-11-22(12-10-21)17(23)13-19(14-18(24)25)7-3-4-8-19/h1-2,5-6H,3-4,7-14H2,(H,24,25). The van der Waals surface area contributed by atoms with Crippen LogP contribution in [0.25, 0.3) is 0 Å². The number of rotatable bonds is 5. The topological polar surface area (TPSA) is 60.9 Å². The molecule has 0 unspecified atom stereocenters. The lowest BCUT2D eigenvalue weighted by Crippen LogP contribution is -2.50. The molecule has 1 aromatic rings. The fourth-order valence-electron chi connectivity index (χ4n) is 4.20. The molecule has 2 aliphatic rings. The first-order valence-corrected chi connectivity index (χ1v) is 8.98. The van der Waals surface area contributed by atoms with E-state index in [-0.39, 0.29) is 23.6 Å². The first-order valence-electron chi connectivity index (χ1n) is 8.98. The highest BCUT2D eigenvalue weighted by Crippen LogP contribution is 2.44. The number of carboxylic acids is 1. The second-order valence-corrected chi connectivity index (χ2v) is 7.27. The molecule has 0 spiro atoms. The van der Waals surface area contributed by atoms with Crippen LogP contribution in [0.5, 0.6) is 0 Å². The molecule has 5 nitrogen and oxygen atoms in total. The summed E-state index contributed by atoms with van der Waals surface area (Å²) in [6, 6.07) is 6.68. The van der Waals surface area contributed by atoms with Crippen molar-refractivity contribution in [3.05, 3.63) is 30.1 Å². The Hall–Kier alpha value is -2.11. The minimum atomic E-state index is -0.820. The maximum Gasteiger partial charge on any atom is 0.303 e. The van der Waals surface area contributed by atoms with Gasteiger partial charge in [-0.15, -0.1) is 0 Å². The van der Waals surface area contributed by atoms with Crippen LogP contribution in [0.3, 0.4) is 0 Å². The van der Waals surface area contributed by atoms with Gasteiger partial charge in [-0.3, -0.25) is 9.59 Å². The molecular formula is C19H25FN2O3. The maximum absolute atomic E-state index is 13.9. The van der Waals surface area contributed by atoms with Crippen LogP contribution in [-0.4, -0.2) is 48.1 Å². The van der Waals surface area contributed by atoms with Crippen LogP contribution in [0.15, 0.2) is 24.3 Å². The fourth-order valence-corrected chi connectivity index (χ4v) is 4.20. The van der Waals surface area contributed by atoms with Gasteiger partial charge in [-0.05, 0) is 30.4 Å². The lowest BCUT2D eigenvalue weighted by Gasteiger charge is -2.38. The number of hydrogen-bond donors (Lipinski definition) is 1. The van der Waals surface area contributed by atoms with E-state index in [4.69, 9.17) is 0 Å². The average Bonchev–Trinajstić information content (AvgIpc) is 3.02. The van der Waals surface area contributed by atoms with Gasteiger partial charge in [0.05, 0.1) is 12.1 Å². The lowest BCUT2D eigenvalue weighted by atomic mass is 9.79. The Labute approximate surface area is 147 Å². The van der Waals surface area contributed by atoms with E-state index >= 15 is 0 Å². The zero-order valence-electron chi connectivity index (χ0n) is 14.4. The molecule has 0 atom stereocenters. The summed E-state index contributed by atoms with van der Waals surface area (Å²) in [5.41, 5.74) is 0.207. The van der Waals surface area contributed by atoms with Crippen molar-refractivity contribution in [1.82, 2.24) is 4.90 Å². The SMILES string of the molecule is O=C(O)CC1(CC(=O)N2CCN(c3ccccc3F)CC2)CCCC1. The van der Waals surface area contributed by atoms with Gasteiger partial charge in [0.1, 0.15) is 5.82 Å². The molecule has 0 radical (unpaired) electrons. The summed E-state index contributed by atoms with van der Waals surface area (Å²) in [4.78, 5) is 27.6. The molecule has 0 aromatic heterocycles. The molecule has 25 heavy (non-hydrogen) atoms. The zero-order chi connectivity index (χ0) is 17.9. The molecule has 1 amide bonds. The molecule has 6 heteroatoms. The minimum absolute atomic E-state index is 0.0383. The summed E-state index contributed by atoms with van der Waals surface area (Å²) in [5, 5.41) is 9.18. The van der Waals surface area contributed by atoms with E-state index in [9.17, 15) is 19.1 Å². The average molecular weight is 348 g/mol. The highest BCUT2D eigenvalue weighted by atomic mass is 19.1. The monoisotopic (exact) mass is 348 g/mol. The van der Waals surface area contributed by atoms with Crippen LogP contribution in [0.4, 0.5) is 10.1 Å². The molecule has 1 N–H and O–H groups in total. The minimum Gasteiger partial charge on any atom is -0.481 e. The smallest absolute Gasteiger partial charge is 0.303 e. The Morgan fingerprint density at radius 2 is 1.68 bits per heavy atom. The number of carbonyl (C=O) groups is 2. The van der Waals surface area contributed by atoms with Gasteiger partial charge in [0, 0.05) is 32.6 Å². The largest absolute Gasteiger partial charge is 0.481 e. The Morgan fingerprint density at radius 3 is 2.28 bits per heavy atom. The second-order valence-electron chi connectivity index (χ2n) is 7.27. The van der Waals surface area contributed by atoms with E-state index in [1.807, 2.05) is 11.0 Å². The van der Waals surface area contributed by atoms with Crippen LogP contribution in [-0.2, 0) is 9.59 Å². The Bertz CT molecular complexity index is 635. The van der Waals surface area contributed by atoms with Crippen LogP contribution in [0.2, 0.25) is 0 Å². The third-order valence-corrected chi connectivity index (χ3v) is 5.54. The normalized spacial score (nSPS) is 19.9. The highest BCUT2D eigenvalue weighted by molar-refractivity contribution is 5.78. The molecule has 136 valence electrons. The quantitative estimate of drug-likeness (QED) is 0.889. The number of amides is 1. The number of halogens is 1. The van der Waals surface area contributed by atoms with E-state index < -0.39 is 5.97 Å². The number of aliphatic carboxylic acids is 1. The number of hydrogen-bond acceptors (Lipinski definition) is 3. The Kier molecular flexibility index (Phi) is 5.25. The van der Waals surface area contributed by atoms with Crippen molar-refractivity contribution in [2.24, 2.45) is 5.41 Å². The van der Waals surface area contributed by atoms with Gasteiger partial charge in [-0.2, -0.15) is 0 Å². The third-order valence-electron chi connectivity index (χ3n) is 5.54. The summed E-state index contributed by atoms with van der Waals surface area (Å²) in [5.74, 6) is -1.02. The van der Waals surface area contributed by atoms with Crippen molar-refractivity contribution < 1.29 is 19.1 Å². The number of nitrogens with zero attached hydrogens (tertiary/aromatic N) is 2. The van der Waals surface area contributed by atoms with E-state index in [0.29, 0.717) is 38.3 Å². The molecule has 1 saturated heterocycles. The van der Waals surface area contributed by atoms with Gasteiger partial charge in [0.15, 0.2) is 0 Å². The number of anilines is 1. The predicted molar refractivity (Wildman–Crippen MR) is 93.0 cm³/mol. The van der Waals surface area contributed by atoms with Crippen LogP contribution in [0, 0.1) is 11.2 Å². The maximum atomic E-state index is 13.9. The Balaban J connectivity index is 1.58. The summed E-state index contributed by atoms with van der Waals surface area (Å²) >= 11 is 0. The van der Waals surface area contributed by atoms with Gasteiger partial charge >= 0.3 is 5.97 Å². The summed E-state index contributed by atoms with van der Waals surface area (Å²) in [6.45, 7) is 2.30. The van der Waals surface area contributed by atoms with Gasteiger partial charge in [0.25, 0.3) is 0 Å². The molecule has 3 rings (SSSR count). The first-order chi connectivity index (χ1) is 12.0. The summed E-state index contributed by atoms with van der Waals surface area (Å²) in [6.07, 6.45) is 4.04. The molecule has 0 bridgehead atoms. The van der Waals surface area contributed by atoms with Crippen molar-refractivity contribution in [2.75, 3.05) is 31.1 Å². The van der Waals surface area contributed by atoms with Gasteiger partial charge in [0.2, 0.25) is 5.91 Å². The molecule has 1 saturated carbocycles. The lowest BCUT2D eigenvalue weighted by molar-refractivity contribution is -0.141. The number of piperazine rings is 1. The summed E-state index contributed by atoms with van der Waals surface area (Å²) in [7, 11) is 0. The number of carboxylic acid groups (broad SMARTS) is 1. The van der Waals surface area contributed by atoms with E-state index in [2.05, 4.69) is 0 Å². The molecule has 1 aliphatic heterocycles. The highest BCUT2D eigenvalue weighted by Gasteiger charge is 2.39.